The second-order valence-corrected chi connectivity index (χ2v) is 4.43. The lowest BCUT2D eigenvalue weighted by Crippen LogP contribution is -2.22. The van der Waals surface area contributed by atoms with Crippen molar-refractivity contribution < 1.29 is 9.13 Å². The zero-order chi connectivity index (χ0) is 11.4. The Labute approximate surface area is 95.8 Å². The number of hydrogen-bond acceptors (Lipinski definition) is 2. The number of benzene rings is 1. The Balaban J connectivity index is 1.80. The Hall–Kier alpha value is -0.930. The molecular weight excluding hydrogens is 205 g/mol. The summed E-state index contributed by atoms with van der Waals surface area (Å²) in [5.41, 5.74) is 2.18. The van der Waals surface area contributed by atoms with Crippen LogP contribution < -0.4 is 5.32 Å². The van der Waals surface area contributed by atoms with Crippen molar-refractivity contribution in [1.29, 1.82) is 0 Å². The predicted octanol–water partition coefficient (Wildman–Crippen LogP) is 2.26. The molecule has 3 heteroatoms. The van der Waals surface area contributed by atoms with Crippen molar-refractivity contribution in [2.24, 2.45) is 5.92 Å². The molecule has 1 saturated heterocycles. The fourth-order valence-electron chi connectivity index (χ4n) is 2.01. The van der Waals surface area contributed by atoms with E-state index in [9.17, 15) is 4.39 Å². The summed E-state index contributed by atoms with van der Waals surface area (Å²) in [6.07, 6.45) is 1.15. The summed E-state index contributed by atoms with van der Waals surface area (Å²) in [6.45, 7) is 5.50. The molecule has 16 heavy (non-hydrogen) atoms. The van der Waals surface area contributed by atoms with Crippen LogP contribution in [0.15, 0.2) is 18.2 Å². The molecule has 1 aliphatic rings. The Morgan fingerprint density at radius 1 is 1.50 bits per heavy atom. The van der Waals surface area contributed by atoms with Crippen molar-refractivity contribution in [1.82, 2.24) is 5.32 Å². The van der Waals surface area contributed by atoms with Crippen molar-refractivity contribution in [3.05, 3.63) is 35.1 Å². The van der Waals surface area contributed by atoms with Crippen molar-refractivity contribution in [2.75, 3.05) is 19.8 Å². The highest BCUT2D eigenvalue weighted by Gasteiger charge is 2.14. The lowest BCUT2D eigenvalue weighted by atomic mass is 10.1. The number of halogens is 1. The van der Waals surface area contributed by atoms with Gasteiger partial charge in [-0.05, 0) is 42.5 Å². The van der Waals surface area contributed by atoms with Crippen LogP contribution in [0.5, 0.6) is 0 Å². The fourth-order valence-corrected chi connectivity index (χ4v) is 2.01. The van der Waals surface area contributed by atoms with E-state index in [0.717, 1.165) is 38.3 Å². The lowest BCUT2D eigenvalue weighted by molar-refractivity contribution is 0.185. The molecule has 1 unspecified atom stereocenters. The van der Waals surface area contributed by atoms with E-state index in [0.29, 0.717) is 5.92 Å². The van der Waals surface area contributed by atoms with Crippen LogP contribution in [0.2, 0.25) is 0 Å². The van der Waals surface area contributed by atoms with Gasteiger partial charge in [-0.25, -0.2) is 4.39 Å². The first-order valence-corrected chi connectivity index (χ1v) is 5.79. The average molecular weight is 223 g/mol. The molecule has 0 amide bonds. The number of ether oxygens (including phenoxy) is 1. The van der Waals surface area contributed by atoms with Gasteiger partial charge in [-0.1, -0.05) is 6.07 Å². The van der Waals surface area contributed by atoms with Crippen LogP contribution in [-0.4, -0.2) is 19.8 Å². The molecule has 1 aliphatic heterocycles. The molecular formula is C13H18FNO. The van der Waals surface area contributed by atoms with Gasteiger partial charge in [0.2, 0.25) is 0 Å². The minimum Gasteiger partial charge on any atom is -0.381 e. The molecule has 1 fully saturated rings. The molecule has 0 spiro atoms. The summed E-state index contributed by atoms with van der Waals surface area (Å²) >= 11 is 0. The minimum atomic E-state index is -0.162. The van der Waals surface area contributed by atoms with Crippen molar-refractivity contribution >= 4 is 0 Å². The first kappa shape index (κ1) is 11.6. The van der Waals surface area contributed by atoms with Crippen LogP contribution in [0.4, 0.5) is 4.39 Å². The number of aryl methyl sites for hydroxylation is 1. The van der Waals surface area contributed by atoms with Gasteiger partial charge in [-0.2, -0.15) is 0 Å². The molecule has 1 N–H and O–H groups in total. The molecule has 1 aromatic rings. The second kappa shape index (κ2) is 5.41. The topological polar surface area (TPSA) is 21.3 Å². The third-order valence-corrected chi connectivity index (χ3v) is 3.08. The lowest BCUT2D eigenvalue weighted by Gasteiger charge is -2.11. The van der Waals surface area contributed by atoms with E-state index >= 15 is 0 Å². The normalized spacial score (nSPS) is 20.2. The summed E-state index contributed by atoms with van der Waals surface area (Å²) in [7, 11) is 0. The molecule has 0 bridgehead atoms. The molecule has 1 heterocycles. The minimum absolute atomic E-state index is 0.162. The van der Waals surface area contributed by atoms with Gasteiger partial charge in [0.05, 0.1) is 6.61 Å². The van der Waals surface area contributed by atoms with Crippen molar-refractivity contribution in [3.63, 3.8) is 0 Å². The summed E-state index contributed by atoms with van der Waals surface area (Å²) < 4.78 is 18.2. The average Bonchev–Trinajstić information content (AvgIpc) is 2.74. The van der Waals surface area contributed by atoms with Crippen LogP contribution >= 0.6 is 0 Å². The Morgan fingerprint density at radius 3 is 3.06 bits per heavy atom. The van der Waals surface area contributed by atoms with Crippen molar-refractivity contribution in [2.45, 2.75) is 19.9 Å². The first-order valence-electron chi connectivity index (χ1n) is 5.79. The Kier molecular flexibility index (Phi) is 3.91. The van der Waals surface area contributed by atoms with E-state index in [-0.39, 0.29) is 5.82 Å². The van der Waals surface area contributed by atoms with E-state index in [4.69, 9.17) is 4.74 Å². The van der Waals surface area contributed by atoms with Gasteiger partial charge >= 0.3 is 0 Å². The molecule has 0 radical (unpaired) electrons. The van der Waals surface area contributed by atoms with Gasteiger partial charge in [0.25, 0.3) is 0 Å². The molecule has 88 valence electrons. The second-order valence-electron chi connectivity index (χ2n) is 4.43. The summed E-state index contributed by atoms with van der Waals surface area (Å²) in [5, 5.41) is 3.40. The maximum Gasteiger partial charge on any atom is 0.123 e. The quantitative estimate of drug-likeness (QED) is 0.845. The smallest absolute Gasteiger partial charge is 0.123 e. The zero-order valence-electron chi connectivity index (χ0n) is 9.63. The Bertz CT molecular complexity index is 348. The fraction of sp³-hybridized carbons (Fsp3) is 0.538. The largest absolute Gasteiger partial charge is 0.381 e. The third-order valence-electron chi connectivity index (χ3n) is 3.08. The molecule has 1 atom stereocenters. The van der Waals surface area contributed by atoms with Gasteiger partial charge < -0.3 is 10.1 Å². The van der Waals surface area contributed by atoms with Crippen LogP contribution in [0, 0.1) is 18.7 Å². The standard InChI is InChI=1S/C13H18FNO/c1-10-6-13(14)3-2-12(10)8-15-7-11-4-5-16-9-11/h2-3,6,11,15H,4-5,7-9H2,1H3. The molecule has 1 aromatic carbocycles. The maximum atomic E-state index is 12.9. The molecule has 0 saturated carbocycles. The van der Waals surface area contributed by atoms with Gasteiger partial charge in [-0.3, -0.25) is 0 Å². The zero-order valence-corrected chi connectivity index (χ0v) is 9.63. The van der Waals surface area contributed by atoms with Crippen LogP contribution in [0.25, 0.3) is 0 Å². The highest BCUT2D eigenvalue weighted by Crippen LogP contribution is 2.12. The van der Waals surface area contributed by atoms with E-state index in [1.54, 1.807) is 6.07 Å². The molecule has 2 nitrogen and oxygen atoms in total. The van der Waals surface area contributed by atoms with E-state index < -0.39 is 0 Å². The van der Waals surface area contributed by atoms with Crippen LogP contribution in [0.3, 0.4) is 0 Å². The monoisotopic (exact) mass is 223 g/mol. The number of hydrogen-bond donors (Lipinski definition) is 1. The van der Waals surface area contributed by atoms with E-state index in [2.05, 4.69) is 5.32 Å². The predicted molar refractivity (Wildman–Crippen MR) is 61.8 cm³/mol. The highest BCUT2D eigenvalue weighted by molar-refractivity contribution is 5.26. The highest BCUT2D eigenvalue weighted by atomic mass is 19.1. The van der Waals surface area contributed by atoms with E-state index in [1.807, 2.05) is 13.0 Å². The summed E-state index contributed by atoms with van der Waals surface area (Å²) in [6, 6.07) is 4.95. The van der Waals surface area contributed by atoms with Crippen LogP contribution in [0.1, 0.15) is 17.5 Å². The third kappa shape index (κ3) is 3.03. The maximum absolute atomic E-state index is 12.9. The van der Waals surface area contributed by atoms with Gasteiger partial charge in [-0.15, -0.1) is 0 Å². The SMILES string of the molecule is Cc1cc(F)ccc1CNCC1CCOC1. The Morgan fingerprint density at radius 2 is 2.38 bits per heavy atom. The number of nitrogens with one attached hydrogen (secondary N) is 1. The van der Waals surface area contributed by atoms with Crippen LogP contribution in [-0.2, 0) is 11.3 Å². The summed E-state index contributed by atoms with van der Waals surface area (Å²) in [5.74, 6) is 0.478. The van der Waals surface area contributed by atoms with Crippen molar-refractivity contribution in [3.8, 4) is 0 Å². The van der Waals surface area contributed by atoms with Gasteiger partial charge in [0.1, 0.15) is 5.82 Å². The van der Waals surface area contributed by atoms with Gasteiger partial charge in [0, 0.05) is 19.7 Å². The molecule has 0 aromatic heterocycles. The first-order chi connectivity index (χ1) is 7.75. The van der Waals surface area contributed by atoms with Gasteiger partial charge in [0.15, 0.2) is 0 Å². The molecule has 0 aliphatic carbocycles. The number of rotatable bonds is 4. The van der Waals surface area contributed by atoms with E-state index in [1.165, 1.54) is 11.6 Å². The summed E-state index contributed by atoms with van der Waals surface area (Å²) in [4.78, 5) is 0. The molecule has 2 rings (SSSR count).